The van der Waals surface area contributed by atoms with Gasteiger partial charge in [0.05, 0.1) is 18.1 Å². The number of rotatable bonds is 3. The Labute approximate surface area is 85.8 Å². The molecule has 0 unspecified atom stereocenters. The summed E-state index contributed by atoms with van der Waals surface area (Å²) in [4.78, 5) is 11.7. The molecule has 3 heteroatoms. The zero-order valence-electron chi connectivity index (χ0n) is 9.34. The maximum absolute atomic E-state index is 11.7. The van der Waals surface area contributed by atoms with Gasteiger partial charge in [-0.2, -0.15) is 0 Å². The minimum absolute atomic E-state index is 0.0467. The summed E-state index contributed by atoms with van der Waals surface area (Å²) in [5, 5.41) is 0. The highest BCUT2D eigenvalue weighted by Gasteiger charge is 2.38. The monoisotopic (exact) mass is 200 g/mol. The van der Waals surface area contributed by atoms with Gasteiger partial charge in [-0.15, -0.1) is 0 Å². The number of hydrogen-bond donors (Lipinski definition) is 0. The normalized spacial score (nSPS) is 32.6. The van der Waals surface area contributed by atoms with Crippen molar-refractivity contribution in [2.75, 3.05) is 13.7 Å². The fraction of sp³-hybridized carbons (Fsp3) is 0.909. The molecule has 82 valence electrons. The second-order valence-electron chi connectivity index (χ2n) is 4.22. The number of carbonyl (C=O) groups is 1. The van der Waals surface area contributed by atoms with Crippen LogP contribution in [0.1, 0.15) is 39.5 Å². The largest absolute Gasteiger partial charge is 0.466 e. The summed E-state index contributed by atoms with van der Waals surface area (Å²) in [5.74, 6) is -0.0467. The molecule has 0 aromatic heterocycles. The lowest BCUT2D eigenvalue weighted by atomic mass is 9.75. The first-order valence-corrected chi connectivity index (χ1v) is 5.32. The predicted molar refractivity (Wildman–Crippen MR) is 54.0 cm³/mol. The molecule has 0 amide bonds. The van der Waals surface area contributed by atoms with E-state index in [2.05, 4.69) is 0 Å². The summed E-state index contributed by atoms with van der Waals surface area (Å²) in [6.07, 6.45) is 4.02. The Morgan fingerprint density at radius 3 is 2.43 bits per heavy atom. The molecule has 0 aliphatic heterocycles. The van der Waals surface area contributed by atoms with Crippen molar-refractivity contribution in [3.63, 3.8) is 0 Å². The molecule has 1 rings (SSSR count). The van der Waals surface area contributed by atoms with Gasteiger partial charge in [-0.1, -0.05) is 0 Å². The molecule has 1 aliphatic carbocycles. The van der Waals surface area contributed by atoms with Crippen molar-refractivity contribution in [1.29, 1.82) is 0 Å². The number of carbonyl (C=O) groups excluding carboxylic acids is 1. The fourth-order valence-electron chi connectivity index (χ4n) is 1.97. The van der Waals surface area contributed by atoms with Crippen LogP contribution in [0.5, 0.6) is 0 Å². The van der Waals surface area contributed by atoms with Gasteiger partial charge >= 0.3 is 5.97 Å². The minimum Gasteiger partial charge on any atom is -0.466 e. The summed E-state index contributed by atoms with van der Waals surface area (Å²) >= 11 is 0. The maximum atomic E-state index is 11.7. The lowest BCUT2D eigenvalue weighted by Crippen LogP contribution is -2.36. The average Bonchev–Trinajstić information content (AvgIpc) is 2.19. The third-order valence-electron chi connectivity index (χ3n) is 3.14. The van der Waals surface area contributed by atoms with E-state index in [-0.39, 0.29) is 11.4 Å². The highest BCUT2D eigenvalue weighted by molar-refractivity contribution is 5.76. The van der Waals surface area contributed by atoms with Gasteiger partial charge in [0.1, 0.15) is 0 Å². The molecule has 0 aromatic carbocycles. The maximum Gasteiger partial charge on any atom is 0.311 e. The third-order valence-corrected chi connectivity index (χ3v) is 3.14. The predicted octanol–water partition coefficient (Wildman–Crippen LogP) is 2.14. The number of esters is 1. The molecule has 1 saturated carbocycles. The van der Waals surface area contributed by atoms with Crippen molar-refractivity contribution in [1.82, 2.24) is 0 Å². The summed E-state index contributed by atoms with van der Waals surface area (Å²) in [6, 6.07) is 0. The topological polar surface area (TPSA) is 35.5 Å². The van der Waals surface area contributed by atoms with Gasteiger partial charge in [-0.25, -0.2) is 0 Å². The van der Waals surface area contributed by atoms with Gasteiger partial charge in [-0.05, 0) is 39.5 Å². The van der Waals surface area contributed by atoms with E-state index in [0.29, 0.717) is 12.7 Å². The van der Waals surface area contributed by atoms with Crippen LogP contribution in [0.25, 0.3) is 0 Å². The first kappa shape index (κ1) is 11.5. The lowest BCUT2D eigenvalue weighted by Gasteiger charge is -2.34. The zero-order chi connectivity index (χ0) is 10.6. The van der Waals surface area contributed by atoms with Crippen molar-refractivity contribution < 1.29 is 14.3 Å². The van der Waals surface area contributed by atoms with E-state index in [1.54, 1.807) is 7.11 Å². The molecule has 0 heterocycles. The van der Waals surface area contributed by atoms with E-state index in [4.69, 9.17) is 9.47 Å². The van der Waals surface area contributed by atoms with Crippen molar-refractivity contribution in [2.45, 2.75) is 45.6 Å². The fourth-order valence-corrected chi connectivity index (χ4v) is 1.97. The Kier molecular flexibility index (Phi) is 3.93. The van der Waals surface area contributed by atoms with Gasteiger partial charge < -0.3 is 9.47 Å². The average molecular weight is 200 g/mol. The highest BCUT2D eigenvalue weighted by Crippen LogP contribution is 2.37. The summed E-state index contributed by atoms with van der Waals surface area (Å²) in [6.45, 7) is 4.32. The molecule has 0 bridgehead atoms. The van der Waals surface area contributed by atoms with Crippen molar-refractivity contribution >= 4 is 5.97 Å². The Balaban J connectivity index is 2.48. The Bertz CT molecular complexity index is 193. The van der Waals surface area contributed by atoms with E-state index in [9.17, 15) is 4.79 Å². The second kappa shape index (κ2) is 4.78. The van der Waals surface area contributed by atoms with Gasteiger partial charge in [0.15, 0.2) is 0 Å². The molecule has 0 saturated heterocycles. The second-order valence-corrected chi connectivity index (χ2v) is 4.22. The smallest absolute Gasteiger partial charge is 0.311 e. The van der Waals surface area contributed by atoms with Crippen molar-refractivity contribution in [3.05, 3.63) is 0 Å². The lowest BCUT2D eigenvalue weighted by molar-refractivity contribution is -0.157. The van der Waals surface area contributed by atoms with Crippen LogP contribution >= 0.6 is 0 Å². The molecule has 1 aliphatic rings. The van der Waals surface area contributed by atoms with Crippen LogP contribution in [0.4, 0.5) is 0 Å². The van der Waals surface area contributed by atoms with Crippen LogP contribution in [-0.4, -0.2) is 25.8 Å². The van der Waals surface area contributed by atoms with E-state index in [0.717, 1.165) is 25.7 Å². The molecule has 0 atom stereocenters. The molecule has 1 fully saturated rings. The molecule has 0 radical (unpaired) electrons. The number of ether oxygens (including phenoxy) is 2. The van der Waals surface area contributed by atoms with E-state index >= 15 is 0 Å². The molecule has 3 nitrogen and oxygen atoms in total. The number of methoxy groups -OCH3 is 1. The van der Waals surface area contributed by atoms with Crippen LogP contribution in [0.15, 0.2) is 0 Å². The van der Waals surface area contributed by atoms with Crippen LogP contribution in [0.2, 0.25) is 0 Å². The summed E-state index contributed by atoms with van der Waals surface area (Å²) < 4.78 is 10.3. The van der Waals surface area contributed by atoms with Gasteiger partial charge in [0, 0.05) is 7.11 Å². The Morgan fingerprint density at radius 2 is 2.00 bits per heavy atom. The van der Waals surface area contributed by atoms with Gasteiger partial charge in [0.2, 0.25) is 0 Å². The molecular formula is C11H20O3. The molecular weight excluding hydrogens is 180 g/mol. The van der Waals surface area contributed by atoms with E-state index in [1.807, 2.05) is 13.8 Å². The van der Waals surface area contributed by atoms with Crippen molar-refractivity contribution in [3.8, 4) is 0 Å². The Morgan fingerprint density at radius 1 is 1.43 bits per heavy atom. The molecule has 0 spiro atoms. The van der Waals surface area contributed by atoms with Crippen LogP contribution in [0.3, 0.4) is 0 Å². The minimum atomic E-state index is -0.273. The quantitative estimate of drug-likeness (QED) is 0.655. The van der Waals surface area contributed by atoms with Gasteiger partial charge in [0.25, 0.3) is 0 Å². The molecule has 14 heavy (non-hydrogen) atoms. The third kappa shape index (κ3) is 2.47. The zero-order valence-corrected chi connectivity index (χ0v) is 9.34. The van der Waals surface area contributed by atoms with E-state index in [1.165, 1.54) is 0 Å². The van der Waals surface area contributed by atoms with Crippen LogP contribution in [0, 0.1) is 5.41 Å². The molecule has 0 aromatic rings. The van der Waals surface area contributed by atoms with Crippen molar-refractivity contribution in [2.24, 2.45) is 5.41 Å². The van der Waals surface area contributed by atoms with Crippen LogP contribution in [-0.2, 0) is 14.3 Å². The number of hydrogen-bond acceptors (Lipinski definition) is 3. The summed E-state index contributed by atoms with van der Waals surface area (Å²) in [5.41, 5.74) is -0.273. The highest BCUT2D eigenvalue weighted by atomic mass is 16.5. The first-order chi connectivity index (χ1) is 6.62. The van der Waals surface area contributed by atoms with E-state index < -0.39 is 0 Å². The summed E-state index contributed by atoms with van der Waals surface area (Å²) in [7, 11) is 1.73. The van der Waals surface area contributed by atoms with Crippen LogP contribution < -0.4 is 0 Å². The first-order valence-electron chi connectivity index (χ1n) is 5.32. The Hall–Kier alpha value is -0.570. The van der Waals surface area contributed by atoms with Gasteiger partial charge in [-0.3, -0.25) is 4.79 Å². The SMILES string of the molecule is CCOC(=O)C1(C)CCC(OC)CC1. The standard InChI is InChI=1S/C11H20O3/c1-4-14-10(12)11(2)7-5-9(13-3)6-8-11/h9H,4-8H2,1-3H3. The molecule has 0 N–H and O–H groups in total.